The third kappa shape index (κ3) is 4.68. The van der Waals surface area contributed by atoms with Crippen molar-refractivity contribution < 1.29 is 71.8 Å². The van der Waals surface area contributed by atoms with Crippen LogP contribution in [0.4, 0.5) is 8.78 Å². The predicted octanol–water partition coefficient (Wildman–Crippen LogP) is 1.96. The van der Waals surface area contributed by atoms with E-state index in [0.29, 0.717) is 17.4 Å². The van der Waals surface area contributed by atoms with Crippen molar-refractivity contribution in [3.8, 4) is 0 Å². The maximum absolute atomic E-state index is 13.8. The van der Waals surface area contributed by atoms with Crippen molar-refractivity contribution in [2.75, 3.05) is 0 Å². The Kier molecular flexibility index (Phi) is 7.78. The number of allylic oxidation sites excluding steroid dienone is 2. The number of carbonyl (C=O) groups excluding carboxylic acids is 1. The number of carbonyl (C=O) groups is 1. The summed E-state index contributed by atoms with van der Waals surface area (Å²) >= 11 is 0. The van der Waals surface area contributed by atoms with Gasteiger partial charge in [0.25, 0.3) is 0 Å². The summed E-state index contributed by atoms with van der Waals surface area (Å²) in [6.45, 7) is 0. The summed E-state index contributed by atoms with van der Waals surface area (Å²) in [6, 6.07) is 5.31. The van der Waals surface area contributed by atoms with Gasteiger partial charge < -0.3 is 4.79 Å². The molecule has 1 unspecified atom stereocenters. The molecule has 3 rings (SSSR count). The quantitative estimate of drug-likeness (QED) is 0.571. The van der Waals surface area contributed by atoms with Gasteiger partial charge in [-0.3, -0.25) is 4.39 Å². The molecule has 118 valence electrons. The second kappa shape index (κ2) is 9.12. The zero-order chi connectivity index (χ0) is 15.5. The fourth-order valence-corrected chi connectivity index (χ4v) is 3.98. The van der Waals surface area contributed by atoms with Crippen molar-refractivity contribution in [3.05, 3.63) is 41.5 Å². The average Bonchev–Trinajstić information content (AvgIpc) is 2.58. The Morgan fingerprint density at radius 2 is 1.83 bits per heavy atom. The van der Waals surface area contributed by atoms with E-state index in [1.807, 2.05) is 0 Å². The molecule has 1 fully saturated rings. The predicted molar refractivity (Wildman–Crippen MR) is 82.0 cm³/mol. The number of halogens is 2. The Morgan fingerprint density at radius 1 is 1.09 bits per heavy atom. The molecule has 1 atom stereocenters. The van der Waals surface area contributed by atoms with E-state index in [4.69, 9.17) is 0 Å². The van der Waals surface area contributed by atoms with Gasteiger partial charge in [0.2, 0.25) is 0 Å². The van der Waals surface area contributed by atoms with Crippen LogP contribution in [0, 0.1) is 35.5 Å². The van der Waals surface area contributed by atoms with Gasteiger partial charge in [-0.1, -0.05) is 17.2 Å². The summed E-state index contributed by atoms with van der Waals surface area (Å²) in [4.78, 5) is 10.8. The molecule has 0 aliphatic heterocycles. The Bertz CT molecular complexity index is 577. The van der Waals surface area contributed by atoms with E-state index < -0.39 is 11.6 Å². The van der Waals surface area contributed by atoms with Crippen LogP contribution in [-0.4, -0.2) is 6.29 Å². The number of hydrogen-bond donors (Lipinski definition) is 0. The Hall–Kier alpha value is 0.295. The molecular formula is C19H21F2ORb. The van der Waals surface area contributed by atoms with Gasteiger partial charge in [-0.05, 0) is 56.8 Å². The van der Waals surface area contributed by atoms with Gasteiger partial charge in [0.15, 0.2) is 0 Å². The number of benzene rings is 1. The molecular weight excluding hydrogens is 368 g/mol. The summed E-state index contributed by atoms with van der Waals surface area (Å²) in [5.74, 6) is -0.116. The van der Waals surface area contributed by atoms with Gasteiger partial charge in [-0.25, -0.2) is 4.39 Å². The molecule has 0 aromatic heterocycles. The third-order valence-corrected chi connectivity index (χ3v) is 5.36. The first-order chi connectivity index (χ1) is 10.7. The zero-order valence-electron chi connectivity index (χ0n) is 13.7. The van der Waals surface area contributed by atoms with Gasteiger partial charge in [-0.15, -0.1) is 6.07 Å². The maximum atomic E-state index is 13.8. The zero-order valence-corrected chi connectivity index (χ0v) is 18.6. The van der Waals surface area contributed by atoms with E-state index in [2.05, 4.69) is 12.1 Å². The fraction of sp³-hybridized carbons (Fsp3) is 0.526. The Morgan fingerprint density at radius 3 is 2.43 bits per heavy atom. The summed E-state index contributed by atoms with van der Waals surface area (Å²) in [7, 11) is 0. The van der Waals surface area contributed by atoms with Crippen LogP contribution in [0.15, 0.2) is 18.2 Å². The first kappa shape index (κ1) is 19.6. The van der Waals surface area contributed by atoms with Crippen LogP contribution >= 0.6 is 0 Å². The molecule has 23 heavy (non-hydrogen) atoms. The summed E-state index contributed by atoms with van der Waals surface area (Å²) in [5, 5.41) is 0. The fourth-order valence-electron chi connectivity index (χ4n) is 3.98. The van der Waals surface area contributed by atoms with Crippen LogP contribution < -0.4 is 58.2 Å². The molecule has 4 heteroatoms. The molecule has 2 aliphatic rings. The molecule has 1 saturated carbocycles. The van der Waals surface area contributed by atoms with Crippen LogP contribution in [0.1, 0.15) is 50.5 Å². The minimum atomic E-state index is -0.896. The third-order valence-electron chi connectivity index (χ3n) is 5.36. The van der Waals surface area contributed by atoms with Gasteiger partial charge in [0, 0.05) is 11.7 Å². The molecule has 0 N–H and O–H groups in total. The molecule has 1 aromatic rings. The van der Waals surface area contributed by atoms with E-state index in [-0.39, 0.29) is 64.1 Å². The molecule has 0 heterocycles. The average molecular weight is 389 g/mol. The SMILES string of the molecule is O=CC1CCC(C2CC=C(c3cc[c-]c(F)c3F)CC2)CC1.[Rb+]. The molecule has 0 radical (unpaired) electrons. The molecule has 1 nitrogen and oxygen atoms in total. The Balaban J connectivity index is 0.00000192. The van der Waals surface area contributed by atoms with Crippen LogP contribution in [0.3, 0.4) is 0 Å². The maximum Gasteiger partial charge on any atom is 1.00 e. The van der Waals surface area contributed by atoms with Crippen molar-refractivity contribution >= 4 is 11.9 Å². The summed E-state index contributed by atoms with van der Waals surface area (Å²) in [5.41, 5.74) is 1.31. The second-order valence-corrected chi connectivity index (χ2v) is 6.59. The van der Waals surface area contributed by atoms with Gasteiger partial charge in [0.05, 0.1) is 5.82 Å². The van der Waals surface area contributed by atoms with Crippen LogP contribution in [-0.2, 0) is 4.79 Å². The topological polar surface area (TPSA) is 17.1 Å². The molecule has 0 saturated heterocycles. The Labute approximate surface area is 185 Å². The van der Waals surface area contributed by atoms with Crippen molar-refractivity contribution in [1.82, 2.24) is 0 Å². The minimum absolute atomic E-state index is 0. The molecule has 0 spiro atoms. The molecule has 1 aromatic carbocycles. The van der Waals surface area contributed by atoms with E-state index >= 15 is 0 Å². The number of aldehydes is 1. The number of rotatable bonds is 3. The van der Waals surface area contributed by atoms with Crippen molar-refractivity contribution in [2.45, 2.75) is 44.9 Å². The van der Waals surface area contributed by atoms with E-state index in [1.165, 1.54) is 6.07 Å². The minimum Gasteiger partial charge on any atom is -0.303 e. The van der Waals surface area contributed by atoms with Crippen LogP contribution in [0.2, 0.25) is 0 Å². The standard InChI is InChI=1S/C19H21F2O.Rb/c20-18-3-1-2-17(19(18)21)16-10-8-15(9-11-16)14-6-4-13(12-22)5-7-14;/h1-2,10,12-15H,4-9,11H2;/q-1;+1. The van der Waals surface area contributed by atoms with Crippen molar-refractivity contribution in [3.63, 3.8) is 0 Å². The first-order valence-corrected chi connectivity index (χ1v) is 8.19. The van der Waals surface area contributed by atoms with E-state index in [1.54, 1.807) is 6.07 Å². The summed E-state index contributed by atoms with van der Waals surface area (Å²) < 4.78 is 27.1. The molecule has 0 bridgehead atoms. The van der Waals surface area contributed by atoms with Gasteiger partial charge in [-0.2, -0.15) is 12.1 Å². The largest absolute Gasteiger partial charge is 1.00 e. The van der Waals surface area contributed by atoms with Crippen LogP contribution in [0.25, 0.3) is 5.57 Å². The normalized spacial score (nSPS) is 27.7. The van der Waals surface area contributed by atoms with Crippen molar-refractivity contribution in [1.29, 1.82) is 0 Å². The van der Waals surface area contributed by atoms with Crippen molar-refractivity contribution in [2.24, 2.45) is 17.8 Å². The first-order valence-electron chi connectivity index (χ1n) is 8.19. The molecule has 0 amide bonds. The van der Waals surface area contributed by atoms with E-state index in [9.17, 15) is 13.6 Å². The smallest absolute Gasteiger partial charge is 0.303 e. The number of hydrogen-bond acceptors (Lipinski definition) is 1. The van der Waals surface area contributed by atoms with Crippen LogP contribution in [0.5, 0.6) is 0 Å². The van der Waals surface area contributed by atoms with Gasteiger partial charge >= 0.3 is 58.2 Å². The second-order valence-electron chi connectivity index (χ2n) is 6.59. The monoisotopic (exact) mass is 388 g/mol. The van der Waals surface area contributed by atoms with E-state index in [0.717, 1.165) is 56.8 Å². The van der Waals surface area contributed by atoms with Gasteiger partial charge in [0.1, 0.15) is 6.29 Å². The molecule has 2 aliphatic carbocycles. The summed E-state index contributed by atoms with van der Waals surface area (Å²) in [6.07, 6.45) is 10.2.